The van der Waals surface area contributed by atoms with Gasteiger partial charge in [-0.3, -0.25) is 0 Å². The van der Waals surface area contributed by atoms with Gasteiger partial charge in [-0.25, -0.2) is 18.9 Å². The van der Waals surface area contributed by atoms with E-state index >= 15 is 0 Å². The van der Waals surface area contributed by atoms with Gasteiger partial charge in [-0.15, -0.1) is 0 Å². The maximum absolute atomic E-state index is 13.5. The highest BCUT2D eigenvalue weighted by Gasteiger charge is 2.23. The Morgan fingerprint density at radius 3 is 2.73 bits per heavy atom. The minimum atomic E-state index is -0.729. The molecule has 0 aliphatic heterocycles. The Morgan fingerprint density at radius 2 is 2.00 bits per heavy atom. The highest BCUT2D eigenvalue weighted by molar-refractivity contribution is 5.90. The normalized spacial score (nSPS) is 11.2. The van der Waals surface area contributed by atoms with Crippen LogP contribution in [0.1, 0.15) is 25.0 Å². The predicted molar refractivity (Wildman–Crippen MR) is 97.1 cm³/mol. The number of rotatable bonds is 5. The summed E-state index contributed by atoms with van der Waals surface area (Å²) in [6.07, 6.45) is 3.08. The Morgan fingerprint density at radius 1 is 1.19 bits per heavy atom. The number of carbonyl (C=O) groups is 1. The molecule has 6 nitrogen and oxygen atoms in total. The molecule has 1 aromatic heterocycles. The Balaban J connectivity index is 1.72. The molecule has 0 atom stereocenters. The van der Waals surface area contributed by atoms with Gasteiger partial charge in [0.05, 0.1) is 12.1 Å². The lowest BCUT2D eigenvalue weighted by atomic mass is 9.94. The third-order valence-corrected chi connectivity index (χ3v) is 4.04. The van der Waals surface area contributed by atoms with Crippen LogP contribution in [-0.4, -0.2) is 20.8 Å². The van der Waals surface area contributed by atoms with Gasteiger partial charge in [0.15, 0.2) is 0 Å². The van der Waals surface area contributed by atoms with Crippen molar-refractivity contribution in [1.29, 1.82) is 0 Å². The van der Waals surface area contributed by atoms with E-state index in [2.05, 4.69) is 20.7 Å². The van der Waals surface area contributed by atoms with Crippen molar-refractivity contribution in [1.82, 2.24) is 20.1 Å². The van der Waals surface area contributed by atoms with Crippen molar-refractivity contribution < 1.29 is 9.18 Å². The third-order valence-electron chi connectivity index (χ3n) is 4.04. The van der Waals surface area contributed by atoms with Crippen LogP contribution in [0.15, 0.2) is 61.2 Å². The second-order valence-corrected chi connectivity index (χ2v) is 6.46. The number of nitrogens with one attached hydrogen (secondary N) is 2. The second kappa shape index (κ2) is 7.35. The summed E-state index contributed by atoms with van der Waals surface area (Å²) in [6.45, 7) is 4.13. The average Bonchev–Trinajstić information content (AvgIpc) is 3.09. The highest BCUT2D eigenvalue weighted by Crippen LogP contribution is 2.22. The molecule has 7 heteroatoms. The van der Waals surface area contributed by atoms with E-state index in [0.717, 1.165) is 5.56 Å². The van der Waals surface area contributed by atoms with Crippen LogP contribution in [0.2, 0.25) is 0 Å². The first kappa shape index (κ1) is 17.6. The summed E-state index contributed by atoms with van der Waals surface area (Å²) in [5.41, 5.74) is 1.53. The number of hydrogen-bond donors (Lipinski definition) is 2. The number of benzene rings is 2. The van der Waals surface area contributed by atoms with Crippen LogP contribution in [0, 0.1) is 5.82 Å². The van der Waals surface area contributed by atoms with Crippen LogP contribution in [-0.2, 0) is 12.1 Å². The van der Waals surface area contributed by atoms with Gasteiger partial charge in [0.25, 0.3) is 0 Å². The minimum absolute atomic E-state index is 0.337. The molecule has 0 aliphatic carbocycles. The smallest absolute Gasteiger partial charge is 0.319 e. The number of halogens is 1. The van der Waals surface area contributed by atoms with Crippen molar-refractivity contribution in [3.05, 3.63) is 78.1 Å². The number of aromatic nitrogens is 3. The van der Waals surface area contributed by atoms with Crippen LogP contribution in [0.4, 0.5) is 14.9 Å². The first-order chi connectivity index (χ1) is 12.4. The molecular weight excluding hydrogens is 333 g/mol. The van der Waals surface area contributed by atoms with Gasteiger partial charge in [0, 0.05) is 5.69 Å². The summed E-state index contributed by atoms with van der Waals surface area (Å²) in [5, 5.41) is 9.82. The van der Waals surface area contributed by atoms with Crippen LogP contribution in [0.25, 0.3) is 0 Å². The molecule has 2 aromatic carbocycles. The van der Waals surface area contributed by atoms with Crippen LogP contribution in [0.3, 0.4) is 0 Å². The Bertz CT molecular complexity index is 892. The van der Waals surface area contributed by atoms with E-state index in [1.165, 1.54) is 18.5 Å². The van der Waals surface area contributed by atoms with Gasteiger partial charge in [-0.2, -0.15) is 5.10 Å². The zero-order valence-electron chi connectivity index (χ0n) is 14.6. The number of para-hydroxylation sites is 1. The maximum atomic E-state index is 13.5. The zero-order chi connectivity index (χ0) is 18.6. The first-order valence-corrected chi connectivity index (χ1v) is 8.19. The first-order valence-electron chi connectivity index (χ1n) is 8.19. The Hall–Kier alpha value is -3.22. The van der Waals surface area contributed by atoms with E-state index in [1.807, 2.05) is 38.1 Å². The third kappa shape index (κ3) is 4.24. The largest absolute Gasteiger partial charge is 0.329 e. The summed E-state index contributed by atoms with van der Waals surface area (Å²) < 4.78 is 15.1. The van der Waals surface area contributed by atoms with E-state index < -0.39 is 5.54 Å². The van der Waals surface area contributed by atoms with Gasteiger partial charge < -0.3 is 10.6 Å². The summed E-state index contributed by atoms with van der Waals surface area (Å²) in [4.78, 5) is 16.4. The highest BCUT2D eigenvalue weighted by atomic mass is 19.1. The monoisotopic (exact) mass is 353 g/mol. The Labute approximate surface area is 151 Å². The van der Waals surface area contributed by atoms with Crippen molar-refractivity contribution in [3.8, 4) is 0 Å². The summed E-state index contributed by atoms with van der Waals surface area (Å²) >= 11 is 0. The van der Waals surface area contributed by atoms with Gasteiger partial charge in [-0.05, 0) is 43.2 Å². The molecule has 3 rings (SSSR count). The summed E-state index contributed by atoms with van der Waals surface area (Å²) in [5.74, 6) is -0.337. The molecule has 1 heterocycles. The number of urea groups is 1. The van der Waals surface area contributed by atoms with Crippen molar-refractivity contribution in [3.63, 3.8) is 0 Å². The van der Waals surface area contributed by atoms with E-state index in [9.17, 15) is 9.18 Å². The lowest BCUT2D eigenvalue weighted by Gasteiger charge is -2.27. The van der Waals surface area contributed by atoms with E-state index in [1.54, 1.807) is 23.1 Å². The summed E-state index contributed by atoms with van der Waals surface area (Å²) in [7, 11) is 0. The minimum Gasteiger partial charge on any atom is -0.329 e. The number of amides is 2. The van der Waals surface area contributed by atoms with Crippen LogP contribution < -0.4 is 10.6 Å². The Kier molecular flexibility index (Phi) is 4.97. The van der Waals surface area contributed by atoms with Gasteiger partial charge in [0.1, 0.15) is 18.5 Å². The van der Waals surface area contributed by atoms with Crippen molar-refractivity contribution in [2.24, 2.45) is 0 Å². The van der Waals surface area contributed by atoms with Crippen LogP contribution >= 0.6 is 0 Å². The van der Waals surface area contributed by atoms with E-state index in [0.29, 0.717) is 17.8 Å². The lowest BCUT2D eigenvalue weighted by Crippen LogP contribution is -2.43. The van der Waals surface area contributed by atoms with Crippen molar-refractivity contribution >= 4 is 11.7 Å². The molecule has 134 valence electrons. The molecule has 3 aromatic rings. The topological polar surface area (TPSA) is 71.8 Å². The lowest BCUT2D eigenvalue weighted by molar-refractivity contribution is 0.241. The molecule has 0 fully saturated rings. The molecule has 0 saturated carbocycles. The quantitative estimate of drug-likeness (QED) is 0.737. The molecule has 0 unspecified atom stereocenters. The molecule has 2 amide bonds. The number of nitrogens with zero attached hydrogens (tertiary/aromatic N) is 3. The predicted octanol–water partition coefficient (Wildman–Crippen LogP) is 3.52. The zero-order valence-corrected chi connectivity index (χ0v) is 14.6. The molecular formula is C19H20FN5O. The molecule has 0 spiro atoms. The molecule has 0 aliphatic rings. The molecule has 2 N–H and O–H groups in total. The van der Waals surface area contributed by atoms with Gasteiger partial charge >= 0.3 is 6.03 Å². The molecule has 26 heavy (non-hydrogen) atoms. The van der Waals surface area contributed by atoms with Crippen molar-refractivity contribution in [2.75, 3.05) is 5.32 Å². The average molecular weight is 353 g/mol. The van der Waals surface area contributed by atoms with Gasteiger partial charge in [0.2, 0.25) is 0 Å². The van der Waals surface area contributed by atoms with E-state index in [-0.39, 0.29) is 11.8 Å². The summed E-state index contributed by atoms with van der Waals surface area (Å²) in [6, 6.07) is 13.3. The fraction of sp³-hybridized carbons (Fsp3) is 0.211. The number of anilines is 1. The molecule has 0 bridgehead atoms. The van der Waals surface area contributed by atoms with Gasteiger partial charge in [-0.1, -0.05) is 30.3 Å². The fourth-order valence-electron chi connectivity index (χ4n) is 2.66. The fourth-order valence-corrected chi connectivity index (χ4v) is 2.66. The number of carbonyl (C=O) groups excluding carboxylic acids is 1. The molecule has 0 saturated heterocycles. The molecule has 0 radical (unpaired) electrons. The van der Waals surface area contributed by atoms with E-state index in [4.69, 9.17) is 0 Å². The second-order valence-electron chi connectivity index (χ2n) is 6.46. The van der Waals surface area contributed by atoms with Crippen LogP contribution in [0.5, 0.6) is 0 Å². The van der Waals surface area contributed by atoms with Crippen molar-refractivity contribution in [2.45, 2.75) is 25.9 Å². The SMILES string of the molecule is CC(C)(NC(=O)Nc1ccccc1Cn1cncn1)c1cccc(F)c1. The number of hydrogen-bond acceptors (Lipinski definition) is 3. The maximum Gasteiger partial charge on any atom is 0.319 e. The standard InChI is InChI=1S/C19H20FN5O/c1-19(2,15-7-5-8-16(20)10-15)24-18(26)23-17-9-4-3-6-14(17)11-25-13-21-12-22-25/h3-10,12-13H,11H2,1-2H3,(H2,23,24,26).